The molecule has 2 atom stereocenters. The van der Waals surface area contributed by atoms with Crippen LogP contribution in [0.25, 0.3) is 0 Å². The molecule has 0 aliphatic carbocycles. The van der Waals surface area contributed by atoms with Crippen molar-refractivity contribution in [2.24, 2.45) is 11.2 Å². The van der Waals surface area contributed by atoms with E-state index < -0.39 is 24.8 Å². The number of rotatable bonds is 9. The molecular weight excluding hydrogens is 270 g/mol. The molecule has 0 saturated heterocycles. The number of nitrogens with zero attached hydrogens (tertiary/aromatic N) is 3. The number of hydrazine groups is 1. The quantitative estimate of drug-likeness (QED) is 0.169. The summed E-state index contributed by atoms with van der Waals surface area (Å²) in [7, 11) is 1.29. The van der Waals surface area contributed by atoms with Crippen molar-refractivity contribution in [1.82, 2.24) is 5.01 Å². The molecule has 0 unspecified atom stereocenters. The second-order valence-corrected chi connectivity index (χ2v) is 4.19. The van der Waals surface area contributed by atoms with E-state index in [0.29, 0.717) is 6.42 Å². The van der Waals surface area contributed by atoms with Crippen LogP contribution in [0.4, 0.5) is 0 Å². The van der Waals surface area contributed by atoms with Crippen LogP contribution in [0, 0.1) is 11.1 Å². The number of carboxylic acid groups (broad SMARTS) is 1. The zero-order chi connectivity index (χ0) is 15.7. The van der Waals surface area contributed by atoms with Crippen LogP contribution >= 0.6 is 0 Å². The highest BCUT2D eigenvalue weighted by atomic mass is 16.8. The van der Waals surface area contributed by atoms with Crippen molar-refractivity contribution < 1.29 is 29.2 Å². The highest BCUT2D eigenvalue weighted by molar-refractivity contribution is 5.73. The first kappa shape index (κ1) is 17.9. The summed E-state index contributed by atoms with van der Waals surface area (Å²) in [6.45, 7) is 4.64. The van der Waals surface area contributed by atoms with Crippen LogP contribution in [0.1, 0.15) is 33.6 Å². The van der Waals surface area contributed by atoms with Gasteiger partial charge in [0.2, 0.25) is 5.28 Å². The fourth-order valence-corrected chi connectivity index (χ4v) is 1.43. The van der Waals surface area contributed by atoms with Gasteiger partial charge >= 0.3 is 11.9 Å². The molecule has 0 saturated carbocycles. The van der Waals surface area contributed by atoms with Gasteiger partial charge in [-0.1, -0.05) is 27.2 Å². The molecule has 0 rings (SSSR count). The van der Waals surface area contributed by atoms with E-state index in [9.17, 15) is 14.8 Å². The summed E-state index contributed by atoms with van der Waals surface area (Å²) in [5.41, 5.74) is 0. The van der Waals surface area contributed by atoms with Crippen molar-refractivity contribution in [3.63, 3.8) is 0 Å². The molecule has 9 nitrogen and oxygen atoms in total. The van der Waals surface area contributed by atoms with Crippen LogP contribution in [-0.2, 0) is 19.2 Å². The van der Waals surface area contributed by atoms with Crippen molar-refractivity contribution in [1.29, 1.82) is 0 Å². The lowest BCUT2D eigenvalue weighted by atomic mass is 9.99. The monoisotopic (exact) mass is 291 g/mol. The molecule has 0 heterocycles. The standard InChI is InChI=1S/C11H21N3O6/c1-5-8(3)10(11(16)17)13(4)14(18)12-20-7-19-9(15)6-2/h8,10H,5-7H2,1-4H3,(H,16,17)/b14-12-/t8-,10+/m1/s1. The van der Waals surface area contributed by atoms with Gasteiger partial charge in [-0.15, -0.1) is 5.01 Å². The number of esters is 1. The van der Waals surface area contributed by atoms with Gasteiger partial charge in [0.25, 0.3) is 6.79 Å². The predicted molar refractivity (Wildman–Crippen MR) is 67.0 cm³/mol. The van der Waals surface area contributed by atoms with E-state index in [1.165, 1.54) is 7.05 Å². The topological polar surface area (TPSA) is 114 Å². The number of aliphatic carboxylic acids is 1. The van der Waals surface area contributed by atoms with Crippen molar-refractivity contribution in [3.8, 4) is 0 Å². The van der Waals surface area contributed by atoms with E-state index in [4.69, 9.17) is 5.11 Å². The maximum atomic E-state index is 11.6. The molecule has 0 aliphatic heterocycles. The molecule has 0 aromatic rings. The summed E-state index contributed by atoms with van der Waals surface area (Å²) in [6.07, 6.45) is 0.767. The minimum atomic E-state index is -1.13. The number of hydrogen-bond acceptors (Lipinski definition) is 6. The van der Waals surface area contributed by atoms with Gasteiger partial charge in [0.15, 0.2) is 6.04 Å². The van der Waals surface area contributed by atoms with Crippen LogP contribution in [0.3, 0.4) is 0 Å². The highest BCUT2D eigenvalue weighted by Crippen LogP contribution is 2.14. The van der Waals surface area contributed by atoms with E-state index in [2.05, 4.69) is 14.9 Å². The van der Waals surface area contributed by atoms with Gasteiger partial charge in [0, 0.05) is 6.42 Å². The SMILES string of the molecule is CCC(=O)OCO/N=[N+](\[O-])N(C)[C@H](C(=O)O)[C@H](C)CC. The van der Waals surface area contributed by atoms with Gasteiger partial charge in [-0.2, -0.15) is 0 Å². The predicted octanol–water partition coefficient (Wildman–Crippen LogP) is 1.14. The Morgan fingerprint density at radius 2 is 2.05 bits per heavy atom. The lowest BCUT2D eigenvalue weighted by molar-refractivity contribution is -0.712. The molecule has 0 aromatic heterocycles. The molecule has 0 fully saturated rings. The molecule has 0 bridgehead atoms. The summed E-state index contributed by atoms with van der Waals surface area (Å²) in [5.74, 6) is -1.87. The Balaban J connectivity index is 4.52. The number of hydrogen-bond donors (Lipinski definition) is 1. The van der Waals surface area contributed by atoms with Gasteiger partial charge in [0.1, 0.15) is 0 Å². The fourth-order valence-electron chi connectivity index (χ4n) is 1.43. The Hall–Kier alpha value is -2.06. The zero-order valence-electron chi connectivity index (χ0n) is 12.1. The maximum absolute atomic E-state index is 11.6. The highest BCUT2D eigenvalue weighted by Gasteiger charge is 2.33. The van der Waals surface area contributed by atoms with Gasteiger partial charge in [-0.25, -0.2) is 4.79 Å². The minimum absolute atomic E-state index is 0.0186. The van der Waals surface area contributed by atoms with Crippen LogP contribution in [-0.4, -0.2) is 46.9 Å². The molecule has 9 heteroatoms. The van der Waals surface area contributed by atoms with Crippen LogP contribution in [0.15, 0.2) is 5.28 Å². The van der Waals surface area contributed by atoms with Crippen molar-refractivity contribution in [2.75, 3.05) is 13.8 Å². The first-order chi connectivity index (χ1) is 9.34. The summed E-state index contributed by atoms with van der Waals surface area (Å²) >= 11 is 0. The van der Waals surface area contributed by atoms with Crippen LogP contribution in [0.2, 0.25) is 0 Å². The third-order valence-corrected chi connectivity index (χ3v) is 2.80. The van der Waals surface area contributed by atoms with E-state index in [1.807, 2.05) is 6.92 Å². The Labute approximate surface area is 117 Å². The van der Waals surface area contributed by atoms with E-state index >= 15 is 0 Å². The molecule has 0 spiro atoms. The normalized spacial score (nSPS) is 14.3. The number of carbonyl (C=O) groups is 2. The maximum Gasteiger partial charge on any atom is 0.332 e. The molecule has 1 N–H and O–H groups in total. The average molecular weight is 291 g/mol. The zero-order valence-corrected chi connectivity index (χ0v) is 12.1. The second-order valence-electron chi connectivity index (χ2n) is 4.19. The molecule has 0 aliphatic rings. The molecule has 0 amide bonds. The first-order valence-electron chi connectivity index (χ1n) is 6.26. The Morgan fingerprint density at radius 3 is 2.50 bits per heavy atom. The summed E-state index contributed by atoms with van der Waals surface area (Å²) in [6, 6.07) is -1.02. The Kier molecular flexibility index (Phi) is 8.02. The number of ether oxygens (including phenoxy) is 1. The van der Waals surface area contributed by atoms with E-state index in [0.717, 1.165) is 5.01 Å². The third-order valence-electron chi connectivity index (χ3n) is 2.80. The van der Waals surface area contributed by atoms with Crippen molar-refractivity contribution in [3.05, 3.63) is 5.21 Å². The van der Waals surface area contributed by atoms with Crippen LogP contribution in [0.5, 0.6) is 0 Å². The number of likely N-dealkylation sites (N-methyl/N-ethyl adjacent to an activating group) is 1. The smallest absolute Gasteiger partial charge is 0.332 e. The fraction of sp³-hybridized carbons (Fsp3) is 0.818. The lowest BCUT2D eigenvalue weighted by Crippen LogP contribution is -2.46. The van der Waals surface area contributed by atoms with Gasteiger partial charge in [-0.05, 0) is 5.92 Å². The molecular formula is C11H21N3O6. The van der Waals surface area contributed by atoms with Crippen LogP contribution < -0.4 is 0 Å². The van der Waals surface area contributed by atoms with E-state index in [1.54, 1.807) is 13.8 Å². The first-order valence-corrected chi connectivity index (χ1v) is 6.26. The molecule has 0 radical (unpaired) electrons. The Bertz CT molecular complexity index is 360. The largest absolute Gasteiger partial charge is 0.569 e. The average Bonchev–Trinajstić information content (AvgIpc) is 2.42. The minimum Gasteiger partial charge on any atom is -0.569 e. The molecule has 20 heavy (non-hydrogen) atoms. The molecule has 116 valence electrons. The third kappa shape index (κ3) is 5.72. The van der Waals surface area contributed by atoms with Gasteiger partial charge < -0.3 is 19.9 Å². The van der Waals surface area contributed by atoms with Gasteiger partial charge in [-0.3, -0.25) is 4.79 Å². The molecule has 0 aromatic carbocycles. The lowest BCUT2D eigenvalue weighted by Gasteiger charge is -2.24. The summed E-state index contributed by atoms with van der Waals surface area (Å²) < 4.78 is 4.54. The number of carboxylic acids is 1. The van der Waals surface area contributed by atoms with Gasteiger partial charge in [0.05, 0.1) is 12.0 Å². The summed E-state index contributed by atoms with van der Waals surface area (Å²) in [4.78, 5) is 26.4. The van der Waals surface area contributed by atoms with Crippen molar-refractivity contribution in [2.45, 2.75) is 39.7 Å². The second kappa shape index (κ2) is 8.94. The Morgan fingerprint density at radius 1 is 1.45 bits per heavy atom. The number of carbonyl (C=O) groups excluding carboxylic acids is 1. The van der Waals surface area contributed by atoms with Crippen molar-refractivity contribution >= 4 is 11.9 Å². The summed E-state index contributed by atoms with van der Waals surface area (Å²) in [5, 5.41) is 24.7. The van der Waals surface area contributed by atoms with E-state index in [-0.39, 0.29) is 17.3 Å².